The smallest absolute Gasteiger partial charge is 0.338 e. The Balaban J connectivity index is 1.40. The highest BCUT2D eigenvalue weighted by atomic mass is 16.9. The first-order valence-corrected chi connectivity index (χ1v) is 18.7. The normalized spacial score (nSPS) is 50.9. The maximum atomic E-state index is 13.9. The molecular formula is C39H52O12. The molecule has 4 aliphatic heterocycles. The number of hydrogen-bond donors (Lipinski definition) is 4. The zero-order valence-electron chi connectivity index (χ0n) is 29.9. The summed E-state index contributed by atoms with van der Waals surface area (Å²) in [6.07, 6.45) is -1.27. The van der Waals surface area contributed by atoms with Crippen molar-refractivity contribution in [3.05, 3.63) is 48.0 Å². The van der Waals surface area contributed by atoms with Gasteiger partial charge >= 0.3 is 17.9 Å². The van der Waals surface area contributed by atoms with Gasteiger partial charge < -0.3 is 48.8 Å². The first-order chi connectivity index (χ1) is 24.2. The zero-order valence-corrected chi connectivity index (χ0v) is 29.9. The maximum absolute atomic E-state index is 13.9. The minimum absolute atomic E-state index is 0.0616. The number of fused-ring (bicyclic) bond motifs is 1. The van der Waals surface area contributed by atoms with Crippen molar-refractivity contribution in [1.29, 1.82) is 0 Å². The third kappa shape index (κ3) is 4.66. The SMILES string of the molecule is C=C(C)[C@@]12C[C@@H](COC(C)=O)[C@@]34OC5(O[C@@H]1[C@@H]3[C@@H]1O[C@]1(CO)[C@@H](O)[C@@]1(O)[C@H]4[C@H]([C@H](C)[C@@H]1OC(=O)c1ccccc1)[C@H](C)CCCCCC[C@H]5O)O2. The third-order valence-corrected chi connectivity index (χ3v) is 14.0. The number of esters is 2. The van der Waals surface area contributed by atoms with Crippen LogP contribution in [-0.2, 0) is 33.2 Å². The van der Waals surface area contributed by atoms with Crippen LogP contribution in [0.1, 0.15) is 83.0 Å². The summed E-state index contributed by atoms with van der Waals surface area (Å²) in [5.41, 5.74) is -5.76. The Kier molecular flexibility index (Phi) is 8.41. The molecular weight excluding hydrogens is 660 g/mol. The van der Waals surface area contributed by atoms with Gasteiger partial charge in [-0.3, -0.25) is 4.79 Å². The molecule has 0 aromatic heterocycles. The summed E-state index contributed by atoms with van der Waals surface area (Å²) in [6, 6.07) is 8.49. The number of aliphatic hydroxyl groups excluding tert-OH is 3. The molecule has 7 aliphatic rings. The second-order valence-corrected chi connectivity index (χ2v) is 16.6. The van der Waals surface area contributed by atoms with Gasteiger partial charge in [-0.1, -0.05) is 70.7 Å². The molecule has 3 aliphatic carbocycles. The zero-order chi connectivity index (χ0) is 36.3. The molecule has 4 N–H and O–H groups in total. The largest absolute Gasteiger partial charge is 0.465 e. The van der Waals surface area contributed by atoms with Gasteiger partial charge in [-0.25, -0.2) is 4.79 Å². The molecule has 7 fully saturated rings. The van der Waals surface area contributed by atoms with Gasteiger partial charge in [0.05, 0.1) is 24.4 Å². The molecule has 8 rings (SSSR count). The van der Waals surface area contributed by atoms with E-state index in [9.17, 15) is 30.0 Å². The number of rotatable bonds is 6. The topological polar surface area (TPSA) is 174 Å². The maximum Gasteiger partial charge on any atom is 0.338 e. The Bertz CT molecular complexity index is 1570. The molecule has 4 heterocycles. The minimum Gasteiger partial charge on any atom is -0.465 e. The van der Waals surface area contributed by atoms with Crippen LogP contribution in [0.25, 0.3) is 0 Å². The number of epoxide rings is 1. The molecule has 3 bridgehead atoms. The highest BCUT2D eigenvalue weighted by Gasteiger charge is 2.91. The minimum atomic E-state index is -2.24. The van der Waals surface area contributed by atoms with Gasteiger partial charge in [-0.15, -0.1) is 0 Å². The molecule has 280 valence electrons. The number of carbonyl (C=O) groups excluding carboxylic acids is 2. The summed E-state index contributed by atoms with van der Waals surface area (Å²) in [5, 5.41) is 49.5. The number of aliphatic hydroxyl groups is 4. The molecule has 0 amide bonds. The molecule has 0 radical (unpaired) electrons. The fourth-order valence-electron chi connectivity index (χ4n) is 11.8. The lowest BCUT2D eigenvalue weighted by atomic mass is 9.51. The lowest BCUT2D eigenvalue weighted by molar-refractivity contribution is -0.459. The molecule has 12 heteroatoms. The van der Waals surface area contributed by atoms with Gasteiger partial charge in [0, 0.05) is 24.7 Å². The van der Waals surface area contributed by atoms with Crippen molar-refractivity contribution in [1.82, 2.24) is 0 Å². The van der Waals surface area contributed by atoms with E-state index in [1.165, 1.54) is 6.92 Å². The van der Waals surface area contributed by atoms with Crippen LogP contribution in [0, 0.1) is 35.5 Å². The monoisotopic (exact) mass is 712 g/mol. The molecule has 16 atom stereocenters. The van der Waals surface area contributed by atoms with Crippen LogP contribution in [0.15, 0.2) is 42.5 Å². The van der Waals surface area contributed by atoms with E-state index < -0.39 is 107 Å². The number of benzene rings is 1. The summed E-state index contributed by atoms with van der Waals surface area (Å²) < 4.78 is 39.6. The van der Waals surface area contributed by atoms with Crippen molar-refractivity contribution < 1.29 is 58.4 Å². The van der Waals surface area contributed by atoms with Crippen LogP contribution in [0.4, 0.5) is 0 Å². The van der Waals surface area contributed by atoms with Crippen LogP contribution in [-0.4, -0.2) is 104 Å². The Morgan fingerprint density at radius 2 is 1.69 bits per heavy atom. The first kappa shape index (κ1) is 35.6. The Morgan fingerprint density at radius 3 is 2.35 bits per heavy atom. The van der Waals surface area contributed by atoms with E-state index in [2.05, 4.69) is 13.5 Å². The van der Waals surface area contributed by atoms with Gasteiger partial charge in [0.1, 0.15) is 47.3 Å². The standard InChI is InChI=1S/C39H52O12/c1-20(2)35-17-25(18-46-23(5)41)38-28-31(35)49-39(50-35,51-38)26(42)16-12-7-6-9-13-21(3)27-22(4)30(47-33(43)24-14-10-8-11-15-24)37(45,29(27)38)34(44)36(19-40)32(28)48-36/h8,10-11,14-15,21-22,25-32,34,40,42,44-45H,1,6-7,9,12-13,16-19H2,2-5H3/t21-,22+,25+,26-,27+,28-,29-,30+,31-,32+,34-,35+,36+,37-,38-,39?/m1/s1. The Morgan fingerprint density at radius 1 is 0.980 bits per heavy atom. The highest BCUT2D eigenvalue weighted by Crippen LogP contribution is 2.75. The number of hydrogen-bond acceptors (Lipinski definition) is 12. The summed E-state index contributed by atoms with van der Waals surface area (Å²) >= 11 is 0. The third-order valence-electron chi connectivity index (χ3n) is 14.0. The van der Waals surface area contributed by atoms with E-state index in [4.69, 9.17) is 28.4 Å². The molecule has 1 aromatic carbocycles. The van der Waals surface area contributed by atoms with Crippen molar-refractivity contribution in [2.45, 2.75) is 132 Å². The van der Waals surface area contributed by atoms with Gasteiger partial charge in [0.2, 0.25) is 0 Å². The Hall–Kier alpha value is -2.42. The van der Waals surface area contributed by atoms with E-state index in [0.717, 1.165) is 25.7 Å². The fraction of sp³-hybridized carbons (Fsp3) is 0.744. The van der Waals surface area contributed by atoms with E-state index in [-0.39, 0.29) is 24.5 Å². The molecule has 12 nitrogen and oxygen atoms in total. The van der Waals surface area contributed by atoms with Crippen LogP contribution < -0.4 is 0 Å². The summed E-state index contributed by atoms with van der Waals surface area (Å²) in [5.74, 6) is -6.61. The number of carbonyl (C=O) groups is 2. The summed E-state index contributed by atoms with van der Waals surface area (Å²) in [7, 11) is 0. The second kappa shape index (κ2) is 12.0. The van der Waals surface area contributed by atoms with Crippen molar-refractivity contribution in [3.63, 3.8) is 0 Å². The highest BCUT2D eigenvalue weighted by molar-refractivity contribution is 5.89. The predicted octanol–water partition coefficient (Wildman–Crippen LogP) is 3.03. The van der Waals surface area contributed by atoms with Gasteiger partial charge in [-0.2, -0.15) is 0 Å². The van der Waals surface area contributed by atoms with Gasteiger partial charge in [0.25, 0.3) is 0 Å². The molecule has 3 saturated carbocycles. The average molecular weight is 713 g/mol. The molecule has 51 heavy (non-hydrogen) atoms. The van der Waals surface area contributed by atoms with Crippen LogP contribution in [0.2, 0.25) is 0 Å². The van der Waals surface area contributed by atoms with Gasteiger partial charge in [-0.05, 0) is 55.2 Å². The number of ether oxygens (including phenoxy) is 6. The molecule has 1 aromatic rings. The lowest BCUT2D eigenvalue weighted by Crippen LogP contribution is -2.75. The fourth-order valence-corrected chi connectivity index (χ4v) is 11.8. The van der Waals surface area contributed by atoms with E-state index in [1.54, 1.807) is 30.3 Å². The van der Waals surface area contributed by atoms with Crippen molar-refractivity contribution >= 4 is 11.9 Å². The van der Waals surface area contributed by atoms with Crippen molar-refractivity contribution in [2.24, 2.45) is 35.5 Å². The van der Waals surface area contributed by atoms with Crippen molar-refractivity contribution in [3.8, 4) is 0 Å². The molecule has 4 saturated heterocycles. The predicted molar refractivity (Wildman–Crippen MR) is 179 cm³/mol. The van der Waals surface area contributed by atoms with Crippen molar-refractivity contribution in [2.75, 3.05) is 13.2 Å². The van der Waals surface area contributed by atoms with Gasteiger partial charge in [0.15, 0.2) is 0 Å². The van der Waals surface area contributed by atoms with E-state index in [0.29, 0.717) is 18.4 Å². The van der Waals surface area contributed by atoms with E-state index >= 15 is 0 Å². The Labute approximate surface area is 298 Å². The van der Waals surface area contributed by atoms with Crippen LogP contribution in [0.3, 0.4) is 0 Å². The lowest BCUT2D eigenvalue weighted by Gasteiger charge is -2.62. The molecule has 1 unspecified atom stereocenters. The quantitative estimate of drug-likeness (QED) is 0.193. The molecule has 2 spiro atoms. The van der Waals surface area contributed by atoms with E-state index in [1.807, 2.05) is 13.8 Å². The second-order valence-electron chi connectivity index (χ2n) is 16.6. The average Bonchev–Trinajstić information content (AvgIpc) is 3.74. The first-order valence-electron chi connectivity index (χ1n) is 18.7. The van der Waals surface area contributed by atoms with Crippen LogP contribution >= 0.6 is 0 Å². The van der Waals surface area contributed by atoms with Crippen LogP contribution in [0.5, 0.6) is 0 Å². The summed E-state index contributed by atoms with van der Waals surface area (Å²) in [6.45, 7) is 10.8. The summed E-state index contributed by atoms with van der Waals surface area (Å²) in [4.78, 5) is 26.4.